The largest absolute Gasteiger partial charge is 0.381 e. The van der Waals surface area contributed by atoms with Gasteiger partial charge in [0.1, 0.15) is 11.4 Å². The molecule has 2 aromatic carbocycles. The van der Waals surface area contributed by atoms with Crippen LogP contribution in [0.4, 0.5) is 23.2 Å². The van der Waals surface area contributed by atoms with Crippen molar-refractivity contribution in [3.63, 3.8) is 0 Å². The minimum absolute atomic E-state index is 0.0438. The van der Waals surface area contributed by atoms with E-state index in [1.54, 1.807) is 0 Å². The molecule has 0 spiro atoms. The van der Waals surface area contributed by atoms with Crippen molar-refractivity contribution in [1.82, 2.24) is 24.8 Å². The third kappa shape index (κ3) is 4.72. The van der Waals surface area contributed by atoms with Crippen LogP contribution in [-0.4, -0.2) is 69.8 Å². The summed E-state index contributed by atoms with van der Waals surface area (Å²) < 4.78 is 55.7. The molecule has 0 bridgehead atoms. The van der Waals surface area contributed by atoms with Crippen molar-refractivity contribution in [1.29, 1.82) is 0 Å². The van der Waals surface area contributed by atoms with E-state index in [1.165, 1.54) is 36.2 Å². The molecule has 40 heavy (non-hydrogen) atoms. The molecular weight excluding hydrogens is 532 g/mol. The minimum Gasteiger partial charge on any atom is -0.381 e. The fourth-order valence-corrected chi connectivity index (χ4v) is 4.67. The number of imide groups is 1. The maximum Gasteiger partial charge on any atom is 0.261 e. The number of halogens is 4. The summed E-state index contributed by atoms with van der Waals surface area (Å²) in [5.41, 5.74) is 0.111. The lowest BCUT2D eigenvalue weighted by Crippen LogP contribution is -2.35. The number of anilines is 1. The van der Waals surface area contributed by atoms with E-state index in [9.17, 15) is 31.9 Å². The number of carbonyl (C=O) groups is 2. The molecule has 0 fully saturated rings. The molecule has 0 saturated carbocycles. The van der Waals surface area contributed by atoms with E-state index in [1.807, 2.05) is 19.0 Å². The van der Waals surface area contributed by atoms with Crippen molar-refractivity contribution < 1.29 is 27.2 Å². The van der Waals surface area contributed by atoms with Gasteiger partial charge in [-0.2, -0.15) is 0 Å². The molecule has 1 aliphatic heterocycles. The van der Waals surface area contributed by atoms with Crippen molar-refractivity contribution in [2.75, 3.05) is 32.5 Å². The number of imidazole rings is 1. The Morgan fingerprint density at radius 2 is 1.65 bits per heavy atom. The van der Waals surface area contributed by atoms with E-state index in [2.05, 4.69) is 20.3 Å². The maximum absolute atomic E-state index is 14.2. The standard InChI is InChI=1S/C27H24F4N6O3/c1-12(8-15-22(30)16(28)11-17(29)23(15)31)33-18-4-5-32-25(38)21(18)24-34-19-9-13-14(10-20(19)35-24)27(40)37(26(13)39)7-6-36(2)3/h4-5,9-12H,6-8H2,1-3H3,(H,34,35)(H2,32,33,38). The lowest BCUT2D eigenvalue weighted by atomic mass is 10.0. The van der Waals surface area contributed by atoms with Crippen LogP contribution in [0.2, 0.25) is 0 Å². The number of hydrogen-bond acceptors (Lipinski definition) is 6. The van der Waals surface area contributed by atoms with Gasteiger partial charge in [0.2, 0.25) is 0 Å². The second-order valence-electron chi connectivity index (χ2n) is 9.86. The van der Waals surface area contributed by atoms with Crippen LogP contribution in [-0.2, 0) is 6.42 Å². The highest BCUT2D eigenvalue weighted by atomic mass is 19.2. The van der Waals surface area contributed by atoms with Crippen LogP contribution in [0.1, 0.15) is 33.2 Å². The van der Waals surface area contributed by atoms with Gasteiger partial charge in [-0.15, -0.1) is 0 Å². The van der Waals surface area contributed by atoms with Gasteiger partial charge in [0.05, 0.1) is 27.8 Å². The Hall–Kier alpha value is -4.52. The first-order valence-corrected chi connectivity index (χ1v) is 12.3. The fraction of sp³-hybridized carbons (Fsp3) is 0.259. The Balaban J connectivity index is 1.46. The summed E-state index contributed by atoms with van der Waals surface area (Å²) in [6, 6.07) is 3.85. The van der Waals surface area contributed by atoms with Crippen LogP contribution in [0.3, 0.4) is 0 Å². The number of pyridine rings is 1. The number of aromatic amines is 2. The molecule has 0 saturated heterocycles. The number of fused-ring (bicyclic) bond motifs is 2. The van der Waals surface area contributed by atoms with E-state index in [0.717, 1.165) is 0 Å². The van der Waals surface area contributed by atoms with Gasteiger partial charge >= 0.3 is 0 Å². The average Bonchev–Trinajstić information content (AvgIpc) is 3.40. The molecule has 3 N–H and O–H groups in total. The monoisotopic (exact) mass is 556 g/mol. The number of hydrogen-bond donors (Lipinski definition) is 3. The van der Waals surface area contributed by atoms with Gasteiger partial charge in [-0.05, 0) is 45.6 Å². The summed E-state index contributed by atoms with van der Waals surface area (Å²) in [5, 5.41) is 2.95. The van der Waals surface area contributed by atoms with Gasteiger partial charge in [-0.3, -0.25) is 19.3 Å². The number of nitrogens with one attached hydrogen (secondary N) is 3. The summed E-state index contributed by atoms with van der Waals surface area (Å²) in [6.45, 7) is 2.26. The summed E-state index contributed by atoms with van der Waals surface area (Å²) in [5.74, 6) is -6.76. The predicted octanol–water partition coefficient (Wildman–Crippen LogP) is 3.68. The summed E-state index contributed by atoms with van der Waals surface area (Å²) in [4.78, 5) is 51.6. The van der Waals surface area contributed by atoms with Crippen molar-refractivity contribution in [3.05, 3.63) is 80.8 Å². The fourth-order valence-electron chi connectivity index (χ4n) is 4.67. The SMILES string of the molecule is CC(Cc1c(F)c(F)cc(F)c1F)Nc1cc[nH]c(=O)c1-c1nc2cc3c(cc2[nH]1)C(=O)N(CCN(C)C)C3=O. The molecule has 3 heterocycles. The van der Waals surface area contributed by atoms with E-state index < -0.39 is 58.7 Å². The summed E-state index contributed by atoms with van der Waals surface area (Å²) in [7, 11) is 3.67. The predicted molar refractivity (Wildman–Crippen MR) is 139 cm³/mol. The number of carbonyl (C=O) groups excluding carboxylic acids is 2. The van der Waals surface area contributed by atoms with Gasteiger partial charge in [-0.25, -0.2) is 22.5 Å². The number of likely N-dealkylation sites (N-methyl/N-ethyl adjacent to an activating group) is 1. The van der Waals surface area contributed by atoms with Crippen LogP contribution >= 0.6 is 0 Å². The molecule has 2 amide bonds. The van der Waals surface area contributed by atoms with E-state index in [-0.39, 0.29) is 40.8 Å². The average molecular weight is 557 g/mol. The molecule has 1 unspecified atom stereocenters. The van der Waals surface area contributed by atoms with Gasteiger partial charge in [0.15, 0.2) is 23.3 Å². The molecular formula is C27H24F4N6O3. The lowest BCUT2D eigenvalue weighted by molar-refractivity contribution is 0.0645. The molecule has 1 atom stereocenters. The molecule has 0 radical (unpaired) electrons. The molecule has 5 rings (SSSR count). The lowest BCUT2D eigenvalue weighted by Gasteiger charge is -2.18. The Morgan fingerprint density at radius 3 is 2.30 bits per heavy atom. The minimum atomic E-state index is -1.51. The maximum atomic E-state index is 14.2. The molecule has 9 nitrogen and oxygen atoms in total. The number of aromatic nitrogens is 3. The highest BCUT2D eigenvalue weighted by Crippen LogP contribution is 2.30. The number of H-pyrrole nitrogens is 2. The zero-order chi connectivity index (χ0) is 28.9. The third-order valence-corrected chi connectivity index (χ3v) is 6.66. The molecule has 208 valence electrons. The van der Waals surface area contributed by atoms with Gasteiger partial charge < -0.3 is 20.2 Å². The summed E-state index contributed by atoms with van der Waals surface area (Å²) >= 11 is 0. The van der Waals surface area contributed by atoms with Gasteiger partial charge in [0.25, 0.3) is 17.4 Å². The van der Waals surface area contributed by atoms with Crippen molar-refractivity contribution >= 4 is 28.5 Å². The van der Waals surface area contributed by atoms with Crippen LogP contribution < -0.4 is 10.9 Å². The first kappa shape index (κ1) is 27.1. The molecule has 0 aliphatic carbocycles. The third-order valence-electron chi connectivity index (χ3n) is 6.66. The Bertz CT molecular complexity index is 1650. The van der Waals surface area contributed by atoms with Crippen molar-refractivity contribution in [3.8, 4) is 11.4 Å². The Labute approximate surface area is 224 Å². The smallest absolute Gasteiger partial charge is 0.261 e. The van der Waals surface area contributed by atoms with Crippen LogP contribution in [0, 0.1) is 23.3 Å². The molecule has 13 heteroatoms. The van der Waals surface area contributed by atoms with Crippen molar-refractivity contribution in [2.45, 2.75) is 19.4 Å². The van der Waals surface area contributed by atoms with E-state index >= 15 is 0 Å². The first-order chi connectivity index (χ1) is 19.0. The highest BCUT2D eigenvalue weighted by molar-refractivity contribution is 6.22. The Kier molecular flexibility index (Phi) is 6.92. The topological polar surface area (TPSA) is 114 Å². The number of benzene rings is 2. The van der Waals surface area contributed by atoms with Crippen LogP contribution in [0.15, 0.2) is 35.3 Å². The quantitative estimate of drug-likeness (QED) is 0.173. The molecule has 4 aromatic rings. The van der Waals surface area contributed by atoms with Gasteiger partial charge in [0, 0.05) is 37.0 Å². The second-order valence-corrected chi connectivity index (χ2v) is 9.86. The highest BCUT2D eigenvalue weighted by Gasteiger charge is 2.36. The van der Waals surface area contributed by atoms with Crippen molar-refractivity contribution in [2.24, 2.45) is 0 Å². The zero-order valence-corrected chi connectivity index (χ0v) is 21.7. The molecule has 1 aliphatic rings. The number of rotatable bonds is 8. The van der Waals surface area contributed by atoms with Crippen LogP contribution in [0.25, 0.3) is 22.4 Å². The van der Waals surface area contributed by atoms with Gasteiger partial charge in [-0.1, -0.05) is 0 Å². The van der Waals surface area contributed by atoms with E-state index in [0.29, 0.717) is 17.6 Å². The Morgan fingerprint density at radius 1 is 1.00 bits per heavy atom. The molecule has 2 aromatic heterocycles. The summed E-state index contributed by atoms with van der Waals surface area (Å²) in [6.07, 6.45) is 0.917. The van der Waals surface area contributed by atoms with E-state index in [4.69, 9.17) is 0 Å². The normalized spacial score (nSPS) is 13.9. The zero-order valence-electron chi connectivity index (χ0n) is 21.7. The van der Waals surface area contributed by atoms with Crippen LogP contribution in [0.5, 0.6) is 0 Å². The number of nitrogens with zero attached hydrogens (tertiary/aromatic N) is 3. The second kappa shape index (κ2) is 10.2. The first-order valence-electron chi connectivity index (χ1n) is 12.3. The number of amides is 2.